The maximum absolute atomic E-state index is 11.2. The summed E-state index contributed by atoms with van der Waals surface area (Å²) in [4.78, 5) is 27.6. The molecular formula is C20H19ClN8O4. The van der Waals surface area contributed by atoms with Gasteiger partial charge in [-0.3, -0.25) is 4.98 Å². The Balaban J connectivity index is 1.60. The van der Waals surface area contributed by atoms with Crippen LogP contribution in [0.3, 0.4) is 0 Å². The smallest absolute Gasteiger partial charge is 0.368 e. The molecular weight excluding hydrogens is 452 g/mol. The third-order valence-electron chi connectivity index (χ3n) is 4.81. The summed E-state index contributed by atoms with van der Waals surface area (Å²) in [5.41, 5.74) is 2.43. The molecule has 0 aliphatic rings. The molecule has 4 rings (SSSR count). The summed E-state index contributed by atoms with van der Waals surface area (Å²) in [5, 5.41) is 18.9. The summed E-state index contributed by atoms with van der Waals surface area (Å²) >= 11 is 6.30. The monoisotopic (exact) mass is 470 g/mol. The number of nitrogens with zero attached hydrogens (tertiary/aromatic N) is 7. The number of ether oxygens (including phenoxy) is 2. The van der Waals surface area contributed by atoms with Crippen LogP contribution in [0, 0.1) is 30.9 Å². The molecule has 4 aromatic heterocycles. The van der Waals surface area contributed by atoms with Crippen LogP contribution >= 0.6 is 11.6 Å². The molecule has 0 fully saturated rings. The molecule has 0 aliphatic heterocycles. The minimum atomic E-state index is -0.572. The second kappa shape index (κ2) is 8.82. The van der Waals surface area contributed by atoms with E-state index in [0.29, 0.717) is 51.7 Å². The summed E-state index contributed by atoms with van der Waals surface area (Å²) < 4.78 is 12.5. The van der Waals surface area contributed by atoms with Crippen LogP contribution in [0.4, 0.5) is 11.6 Å². The fourth-order valence-electron chi connectivity index (χ4n) is 3.23. The molecule has 0 bridgehead atoms. The summed E-state index contributed by atoms with van der Waals surface area (Å²) in [5.74, 6) is 1.72. The lowest BCUT2D eigenvalue weighted by Crippen LogP contribution is -2.09. The van der Waals surface area contributed by atoms with E-state index < -0.39 is 4.92 Å². The van der Waals surface area contributed by atoms with Crippen LogP contribution in [-0.4, -0.2) is 41.6 Å². The molecule has 0 spiro atoms. The number of anilines is 1. The Labute approximate surface area is 192 Å². The van der Waals surface area contributed by atoms with Gasteiger partial charge in [0, 0.05) is 17.7 Å². The SMILES string of the molecule is COc1c(Oc2ccc3ncc([N+](=O)[O-])n3n2)cnc(CNc2nc(C)nc(C)c2Cl)c1C. The van der Waals surface area contributed by atoms with E-state index in [1.807, 2.05) is 13.8 Å². The predicted molar refractivity (Wildman–Crippen MR) is 119 cm³/mol. The lowest BCUT2D eigenvalue weighted by molar-refractivity contribution is -0.391. The number of aromatic nitrogens is 6. The van der Waals surface area contributed by atoms with Crippen LogP contribution in [0.25, 0.3) is 5.65 Å². The first-order chi connectivity index (χ1) is 15.8. The standard InChI is InChI=1S/C20H19ClN8O4/c1-10-13(7-24-20-18(21)11(2)25-12(3)26-20)22-8-14(19(10)32-4)33-16-6-5-15-23-9-17(29(30)31)28(15)27-16/h5-6,8-9H,7H2,1-4H3,(H,24,25,26). The zero-order valence-corrected chi connectivity index (χ0v) is 18.9. The number of aryl methyl sites for hydroxylation is 2. The van der Waals surface area contributed by atoms with Crippen LogP contribution < -0.4 is 14.8 Å². The molecule has 0 aliphatic carbocycles. The number of hydrogen-bond acceptors (Lipinski definition) is 10. The highest BCUT2D eigenvalue weighted by molar-refractivity contribution is 6.33. The molecule has 0 saturated heterocycles. The Morgan fingerprint density at radius 3 is 2.70 bits per heavy atom. The lowest BCUT2D eigenvalue weighted by Gasteiger charge is -2.15. The van der Waals surface area contributed by atoms with Gasteiger partial charge >= 0.3 is 5.82 Å². The molecule has 13 heteroatoms. The number of methoxy groups -OCH3 is 1. The zero-order chi connectivity index (χ0) is 23.7. The number of nitro groups is 1. The van der Waals surface area contributed by atoms with Crippen LogP contribution in [0.1, 0.15) is 22.8 Å². The van der Waals surface area contributed by atoms with Crippen molar-refractivity contribution in [1.82, 2.24) is 29.5 Å². The summed E-state index contributed by atoms with van der Waals surface area (Å²) in [6.45, 7) is 5.77. The number of nitrogens with one attached hydrogen (secondary N) is 1. The number of hydrogen-bond donors (Lipinski definition) is 1. The molecule has 12 nitrogen and oxygen atoms in total. The lowest BCUT2D eigenvalue weighted by atomic mass is 10.2. The van der Waals surface area contributed by atoms with E-state index in [2.05, 4.69) is 30.4 Å². The van der Waals surface area contributed by atoms with Crippen molar-refractivity contribution in [2.24, 2.45) is 0 Å². The van der Waals surface area contributed by atoms with Crippen molar-refractivity contribution in [3.8, 4) is 17.4 Å². The van der Waals surface area contributed by atoms with E-state index in [4.69, 9.17) is 21.1 Å². The van der Waals surface area contributed by atoms with Gasteiger partial charge in [0.1, 0.15) is 22.9 Å². The van der Waals surface area contributed by atoms with Crippen LogP contribution in [0.5, 0.6) is 17.4 Å². The van der Waals surface area contributed by atoms with Gasteiger partial charge in [0.15, 0.2) is 11.5 Å². The fourth-order valence-corrected chi connectivity index (χ4v) is 3.38. The minimum absolute atomic E-state index is 0.118. The van der Waals surface area contributed by atoms with Gasteiger partial charge in [0.2, 0.25) is 5.65 Å². The molecule has 0 unspecified atom stereocenters. The second-order valence-electron chi connectivity index (χ2n) is 7.02. The Kier molecular flexibility index (Phi) is 5.92. The Bertz CT molecular complexity index is 1370. The Hall–Kier alpha value is -4.06. The molecule has 4 aromatic rings. The molecule has 0 radical (unpaired) electrons. The van der Waals surface area contributed by atoms with Crippen LogP contribution in [0.15, 0.2) is 24.5 Å². The Morgan fingerprint density at radius 1 is 1.18 bits per heavy atom. The van der Waals surface area contributed by atoms with Crippen molar-refractivity contribution >= 4 is 28.9 Å². The van der Waals surface area contributed by atoms with Gasteiger partial charge in [-0.25, -0.2) is 15.0 Å². The van der Waals surface area contributed by atoms with E-state index in [0.717, 1.165) is 16.3 Å². The molecule has 0 aromatic carbocycles. The van der Waals surface area contributed by atoms with Gasteiger partial charge < -0.3 is 24.9 Å². The highest BCUT2D eigenvalue weighted by Gasteiger charge is 2.19. The first kappa shape index (κ1) is 22.1. The van der Waals surface area contributed by atoms with Crippen molar-refractivity contribution in [3.63, 3.8) is 0 Å². The third-order valence-corrected chi connectivity index (χ3v) is 5.26. The molecule has 4 heterocycles. The zero-order valence-electron chi connectivity index (χ0n) is 18.2. The summed E-state index contributed by atoms with van der Waals surface area (Å²) in [6, 6.07) is 3.12. The van der Waals surface area contributed by atoms with Gasteiger partial charge in [-0.05, 0) is 30.8 Å². The average Bonchev–Trinajstić information content (AvgIpc) is 3.20. The van der Waals surface area contributed by atoms with Gasteiger partial charge in [0.05, 0.1) is 31.2 Å². The fraction of sp³-hybridized carbons (Fsp3) is 0.250. The second-order valence-corrected chi connectivity index (χ2v) is 7.39. The third kappa shape index (κ3) is 4.32. The van der Waals surface area contributed by atoms with Crippen LogP contribution in [-0.2, 0) is 6.54 Å². The predicted octanol–water partition coefficient (Wildman–Crippen LogP) is 3.81. The quantitative estimate of drug-likeness (QED) is 0.312. The average molecular weight is 471 g/mol. The summed E-state index contributed by atoms with van der Waals surface area (Å²) in [7, 11) is 1.51. The number of imidazole rings is 1. The summed E-state index contributed by atoms with van der Waals surface area (Å²) in [6.07, 6.45) is 2.63. The van der Waals surface area contributed by atoms with Gasteiger partial charge in [0.25, 0.3) is 5.88 Å². The van der Waals surface area contributed by atoms with Gasteiger partial charge in [-0.1, -0.05) is 16.1 Å². The first-order valence-electron chi connectivity index (χ1n) is 9.72. The maximum atomic E-state index is 11.2. The van der Waals surface area contributed by atoms with Crippen LogP contribution in [0.2, 0.25) is 5.02 Å². The van der Waals surface area contributed by atoms with Crippen molar-refractivity contribution in [1.29, 1.82) is 0 Å². The van der Waals surface area contributed by atoms with E-state index in [9.17, 15) is 10.1 Å². The van der Waals surface area contributed by atoms with Crippen molar-refractivity contribution in [2.45, 2.75) is 27.3 Å². The molecule has 0 atom stereocenters. The largest absolute Gasteiger partial charge is 0.492 e. The normalized spacial score (nSPS) is 10.9. The first-order valence-corrected chi connectivity index (χ1v) is 10.1. The minimum Gasteiger partial charge on any atom is -0.492 e. The van der Waals surface area contributed by atoms with E-state index in [-0.39, 0.29) is 11.7 Å². The number of halogens is 1. The van der Waals surface area contributed by atoms with Crippen molar-refractivity contribution in [3.05, 3.63) is 62.4 Å². The Morgan fingerprint density at radius 2 is 1.97 bits per heavy atom. The van der Waals surface area contributed by atoms with E-state index in [1.165, 1.54) is 13.3 Å². The van der Waals surface area contributed by atoms with Gasteiger partial charge in [-0.2, -0.15) is 0 Å². The molecule has 1 N–H and O–H groups in total. The maximum Gasteiger partial charge on any atom is 0.368 e. The van der Waals surface area contributed by atoms with E-state index >= 15 is 0 Å². The molecule has 0 amide bonds. The molecule has 0 saturated carbocycles. The highest BCUT2D eigenvalue weighted by atomic mass is 35.5. The number of pyridine rings is 1. The number of rotatable bonds is 7. The molecule has 170 valence electrons. The van der Waals surface area contributed by atoms with Gasteiger partial charge in [-0.15, -0.1) is 0 Å². The highest BCUT2D eigenvalue weighted by Crippen LogP contribution is 2.35. The van der Waals surface area contributed by atoms with E-state index in [1.54, 1.807) is 19.1 Å². The topological polar surface area (TPSA) is 142 Å². The molecule has 33 heavy (non-hydrogen) atoms. The number of fused-ring (bicyclic) bond motifs is 1. The van der Waals surface area contributed by atoms with Crippen molar-refractivity contribution < 1.29 is 14.4 Å². The van der Waals surface area contributed by atoms with Crippen molar-refractivity contribution in [2.75, 3.05) is 12.4 Å².